The van der Waals surface area contributed by atoms with Gasteiger partial charge in [-0.25, -0.2) is 0 Å². The summed E-state index contributed by atoms with van der Waals surface area (Å²) >= 11 is 0. The van der Waals surface area contributed by atoms with Crippen LogP contribution in [0.3, 0.4) is 0 Å². The average molecular weight is 271 g/mol. The molecule has 0 saturated heterocycles. The smallest absolute Gasteiger partial charge is 0.328 e. The minimum atomic E-state index is -4.37. The number of benzene rings is 1. The van der Waals surface area contributed by atoms with Gasteiger partial charge in [-0.15, -0.1) is 0 Å². The standard InChI is InChI=1S/C14H16F3NO/c15-14(16,17)11-3-1-2-9(6-11)7-13(19)10-4-5-12(18)8-10/h1-3,6,10,12H,4-5,7-8,18H2. The minimum Gasteiger partial charge on any atom is -0.328 e. The van der Waals surface area contributed by atoms with Gasteiger partial charge in [0.2, 0.25) is 0 Å². The maximum Gasteiger partial charge on any atom is 0.416 e. The van der Waals surface area contributed by atoms with Crippen LogP contribution in [0.25, 0.3) is 0 Å². The van der Waals surface area contributed by atoms with Crippen molar-refractivity contribution in [1.29, 1.82) is 0 Å². The number of Topliss-reactive ketones (excluding diaryl/α,β-unsaturated/α-hetero) is 1. The third-order valence-corrected chi connectivity index (χ3v) is 3.56. The number of alkyl halides is 3. The molecule has 1 aliphatic rings. The molecule has 0 heterocycles. The maximum absolute atomic E-state index is 12.6. The molecule has 0 aliphatic heterocycles. The molecule has 104 valence electrons. The summed E-state index contributed by atoms with van der Waals surface area (Å²) in [4.78, 5) is 12.0. The van der Waals surface area contributed by atoms with Crippen LogP contribution in [0, 0.1) is 5.92 Å². The summed E-state index contributed by atoms with van der Waals surface area (Å²) in [5.74, 6) is -0.100. The van der Waals surface area contributed by atoms with Crippen LogP contribution < -0.4 is 5.73 Å². The topological polar surface area (TPSA) is 43.1 Å². The van der Waals surface area contributed by atoms with Crippen LogP contribution in [0.15, 0.2) is 24.3 Å². The highest BCUT2D eigenvalue weighted by Crippen LogP contribution is 2.30. The van der Waals surface area contributed by atoms with E-state index in [2.05, 4.69) is 0 Å². The Morgan fingerprint density at radius 3 is 2.63 bits per heavy atom. The van der Waals surface area contributed by atoms with Gasteiger partial charge < -0.3 is 5.73 Å². The third-order valence-electron chi connectivity index (χ3n) is 3.56. The summed E-state index contributed by atoms with van der Waals surface area (Å²) in [6.45, 7) is 0. The number of carbonyl (C=O) groups excluding carboxylic acids is 1. The SMILES string of the molecule is NC1CCC(C(=O)Cc2cccc(C(F)(F)F)c2)C1. The third kappa shape index (κ3) is 3.56. The van der Waals surface area contributed by atoms with E-state index in [1.807, 2.05) is 0 Å². The Hall–Kier alpha value is -1.36. The van der Waals surface area contributed by atoms with Crippen LogP contribution in [0.1, 0.15) is 30.4 Å². The van der Waals surface area contributed by atoms with Gasteiger partial charge in [-0.2, -0.15) is 13.2 Å². The molecule has 5 heteroatoms. The summed E-state index contributed by atoms with van der Waals surface area (Å²) in [6.07, 6.45) is -2.09. The fraction of sp³-hybridized carbons (Fsp3) is 0.500. The van der Waals surface area contributed by atoms with Crippen LogP contribution in [0.5, 0.6) is 0 Å². The molecule has 0 spiro atoms. The predicted molar refractivity (Wildman–Crippen MR) is 65.5 cm³/mol. The molecule has 2 rings (SSSR count). The Kier molecular flexibility index (Phi) is 3.94. The predicted octanol–water partition coefficient (Wildman–Crippen LogP) is 2.94. The highest BCUT2D eigenvalue weighted by atomic mass is 19.4. The van der Waals surface area contributed by atoms with Gasteiger partial charge in [-0.3, -0.25) is 4.79 Å². The van der Waals surface area contributed by atoms with Crippen molar-refractivity contribution in [3.05, 3.63) is 35.4 Å². The molecule has 2 unspecified atom stereocenters. The lowest BCUT2D eigenvalue weighted by Gasteiger charge is -2.11. The molecule has 0 aromatic heterocycles. The second-order valence-electron chi connectivity index (χ2n) is 5.11. The van der Waals surface area contributed by atoms with Gasteiger partial charge in [0, 0.05) is 18.4 Å². The lowest BCUT2D eigenvalue weighted by Crippen LogP contribution is -2.19. The molecule has 2 N–H and O–H groups in total. The molecule has 2 nitrogen and oxygen atoms in total. The molecular formula is C14H16F3NO. The largest absolute Gasteiger partial charge is 0.416 e. The quantitative estimate of drug-likeness (QED) is 0.918. The average Bonchev–Trinajstić information content (AvgIpc) is 2.75. The van der Waals surface area contributed by atoms with Gasteiger partial charge >= 0.3 is 6.18 Å². The monoisotopic (exact) mass is 271 g/mol. The molecule has 1 aromatic carbocycles. The van der Waals surface area contributed by atoms with Crippen molar-refractivity contribution in [2.24, 2.45) is 11.7 Å². The highest BCUT2D eigenvalue weighted by molar-refractivity contribution is 5.83. The zero-order valence-corrected chi connectivity index (χ0v) is 10.4. The van der Waals surface area contributed by atoms with E-state index in [9.17, 15) is 18.0 Å². The minimum absolute atomic E-state index is 0.00715. The Balaban J connectivity index is 2.05. The first-order valence-electron chi connectivity index (χ1n) is 6.30. The maximum atomic E-state index is 12.6. The van der Waals surface area contributed by atoms with Crippen molar-refractivity contribution in [2.75, 3.05) is 0 Å². The fourth-order valence-electron chi connectivity index (χ4n) is 2.51. The van der Waals surface area contributed by atoms with Crippen molar-refractivity contribution in [3.8, 4) is 0 Å². The van der Waals surface area contributed by atoms with Crippen LogP contribution in [0.4, 0.5) is 13.2 Å². The second kappa shape index (κ2) is 5.33. The van der Waals surface area contributed by atoms with Crippen LogP contribution in [0.2, 0.25) is 0 Å². The van der Waals surface area contributed by atoms with Gasteiger partial charge in [-0.05, 0) is 30.9 Å². The summed E-state index contributed by atoms with van der Waals surface area (Å²) in [7, 11) is 0. The fourth-order valence-corrected chi connectivity index (χ4v) is 2.51. The van der Waals surface area contributed by atoms with E-state index in [1.54, 1.807) is 6.07 Å². The van der Waals surface area contributed by atoms with Crippen LogP contribution in [-0.4, -0.2) is 11.8 Å². The number of nitrogens with two attached hydrogens (primary N) is 1. The van der Waals surface area contributed by atoms with E-state index in [1.165, 1.54) is 6.07 Å². The normalized spacial score (nSPS) is 23.6. The Bertz CT molecular complexity index is 470. The molecule has 1 fully saturated rings. The molecule has 0 radical (unpaired) electrons. The number of halogens is 3. The lowest BCUT2D eigenvalue weighted by molar-refractivity contribution is -0.137. The number of rotatable bonds is 3. The molecule has 1 aromatic rings. The van der Waals surface area contributed by atoms with Gasteiger partial charge in [0.25, 0.3) is 0 Å². The van der Waals surface area contributed by atoms with Crippen molar-refractivity contribution < 1.29 is 18.0 Å². The van der Waals surface area contributed by atoms with Crippen molar-refractivity contribution in [1.82, 2.24) is 0 Å². The van der Waals surface area contributed by atoms with Gasteiger partial charge in [0.1, 0.15) is 5.78 Å². The molecule has 0 bridgehead atoms. The molecule has 2 atom stereocenters. The van der Waals surface area contributed by atoms with E-state index in [0.717, 1.165) is 25.0 Å². The number of hydrogen-bond acceptors (Lipinski definition) is 2. The zero-order chi connectivity index (χ0) is 14.0. The molecule has 1 saturated carbocycles. The molecular weight excluding hydrogens is 255 g/mol. The van der Waals surface area contributed by atoms with Gasteiger partial charge in [-0.1, -0.05) is 18.2 Å². The van der Waals surface area contributed by atoms with Crippen molar-refractivity contribution in [2.45, 2.75) is 37.9 Å². The summed E-state index contributed by atoms with van der Waals surface area (Å²) in [5, 5.41) is 0. The first-order valence-corrected chi connectivity index (χ1v) is 6.30. The van der Waals surface area contributed by atoms with E-state index in [-0.39, 0.29) is 24.2 Å². The van der Waals surface area contributed by atoms with Crippen molar-refractivity contribution in [3.63, 3.8) is 0 Å². The van der Waals surface area contributed by atoms with E-state index >= 15 is 0 Å². The number of ketones is 1. The molecule has 1 aliphatic carbocycles. The van der Waals surface area contributed by atoms with E-state index in [4.69, 9.17) is 5.73 Å². The summed E-state index contributed by atoms with van der Waals surface area (Å²) in [6, 6.07) is 5.01. The van der Waals surface area contributed by atoms with E-state index in [0.29, 0.717) is 12.0 Å². The van der Waals surface area contributed by atoms with Gasteiger partial charge in [0.05, 0.1) is 5.56 Å². The Labute approximate surface area is 109 Å². The highest BCUT2D eigenvalue weighted by Gasteiger charge is 2.31. The summed E-state index contributed by atoms with van der Waals surface area (Å²) < 4.78 is 37.7. The van der Waals surface area contributed by atoms with Crippen LogP contribution >= 0.6 is 0 Å². The number of carbonyl (C=O) groups is 1. The Morgan fingerprint density at radius 2 is 2.05 bits per heavy atom. The van der Waals surface area contributed by atoms with E-state index < -0.39 is 11.7 Å². The lowest BCUT2D eigenvalue weighted by atomic mass is 9.95. The first kappa shape index (κ1) is 14.1. The van der Waals surface area contributed by atoms with Gasteiger partial charge in [0.15, 0.2) is 0 Å². The van der Waals surface area contributed by atoms with Crippen molar-refractivity contribution >= 4 is 5.78 Å². The molecule has 19 heavy (non-hydrogen) atoms. The summed E-state index contributed by atoms with van der Waals surface area (Å²) in [5.41, 5.74) is 5.45. The zero-order valence-electron chi connectivity index (χ0n) is 10.4. The second-order valence-corrected chi connectivity index (χ2v) is 5.11. The Morgan fingerprint density at radius 1 is 1.32 bits per heavy atom. The molecule has 0 amide bonds. The van der Waals surface area contributed by atoms with Crippen LogP contribution in [-0.2, 0) is 17.4 Å². The first-order chi connectivity index (χ1) is 8.86. The number of hydrogen-bond donors (Lipinski definition) is 1.